The second-order valence-electron chi connectivity index (χ2n) is 8.32. The number of esters is 1. The molecule has 162 valence electrons. The Bertz CT molecular complexity index is 657. The van der Waals surface area contributed by atoms with Gasteiger partial charge >= 0.3 is 5.97 Å². The Morgan fingerprint density at radius 2 is 1.93 bits per heavy atom. The van der Waals surface area contributed by atoms with Crippen molar-refractivity contribution >= 4 is 24.2 Å². The van der Waals surface area contributed by atoms with Gasteiger partial charge in [-0.05, 0) is 44.4 Å². The van der Waals surface area contributed by atoms with Crippen molar-refractivity contribution in [3.63, 3.8) is 0 Å². The maximum Gasteiger partial charge on any atom is 0.328 e. The quantitative estimate of drug-likeness (QED) is 0.332. The minimum absolute atomic E-state index is 0.0702. The fourth-order valence-corrected chi connectivity index (χ4v) is 3.56. The minimum Gasteiger partial charge on any atom is -0.464 e. The zero-order chi connectivity index (χ0) is 21.6. The molecular formula is C21H33N3O5. The summed E-state index contributed by atoms with van der Waals surface area (Å²) in [5.74, 6) is -0.202. The molecule has 0 bridgehead atoms. The van der Waals surface area contributed by atoms with E-state index in [4.69, 9.17) is 4.74 Å². The molecule has 0 unspecified atom stereocenters. The summed E-state index contributed by atoms with van der Waals surface area (Å²) in [5, 5.41) is 2.37. The molecule has 0 spiro atoms. The lowest BCUT2D eigenvalue weighted by molar-refractivity contribution is -0.152. The lowest BCUT2D eigenvalue weighted by atomic mass is 9.99. The van der Waals surface area contributed by atoms with E-state index in [9.17, 15) is 19.2 Å². The number of likely N-dealkylation sites (N-methyl/N-ethyl adjacent to an activating group) is 1. The van der Waals surface area contributed by atoms with Crippen molar-refractivity contribution in [1.82, 2.24) is 15.1 Å². The fourth-order valence-electron chi connectivity index (χ4n) is 3.56. The maximum atomic E-state index is 13.0. The zero-order valence-corrected chi connectivity index (χ0v) is 17.8. The van der Waals surface area contributed by atoms with Gasteiger partial charge < -0.3 is 19.9 Å². The van der Waals surface area contributed by atoms with Crippen molar-refractivity contribution in [2.75, 3.05) is 26.7 Å². The Balaban J connectivity index is 2.05. The molecule has 8 nitrogen and oxygen atoms in total. The number of amides is 3. The summed E-state index contributed by atoms with van der Waals surface area (Å²) < 4.78 is 5.40. The Morgan fingerprint density at radius 3 is 2.52 bits per heavy atom. The number of nitrogens with one attached hydrogen (secondary N) is 1. The zero-order valence-electron chi connectivity index (χ0n) is 17.8. The second-order valence-corrected chi connectivity index (χ2v) is 8.32. The van der Waals surface area contributed by atoms with Crippen molar-refractivity contribution in [1.29, 1.82) is 0 Å². The van der Waals surface area contributed by atoms with Crippen LogP contribution >= 0.6 is 0 Å². The highest BCUT2D eigenvalue weighted by Gasteiger charge is 2.37. The van der Waals surface area contributed by atoms with Gasteiger partial charge in [-0.2, -0.15) is 0 Å². The predicted molar refractivity (Wildman–Crippen MR) is 108 cm³/mol. The molecule has 1 heterocycles. The monoisotopic (exact) mass is 407 g/mol. The van der Waals surface area contributed by atoms with Gasteiger partial charge in [0.05, 0.1) is 19.2 Å². The average molecular weight is 408 g/mol. The summed E-state index contributed by atoms with van der Waals surface area (Å²) in [6, 6.07) is -0.832. The van der Waals surface area contributed by atoms with Gasteiger partial charge in [0.2, 0.25) is 18.2 Å². The Hall–Kier alpha value is -2.38. The predicted octanol–water partition coefficient (Wildman–Crippen LogP) is 1.11. The molecule has 0 aromatic carbocycles. The average Bonchev–Trinajstić information content (AvgIpc) is 3.40. The third kappa shape index (κ3) is 6.30. The molecule has 1 N–H and O–H groups in total. The van der Waals surface area contributed by atoms with E-state index in [-0.39, 0.29) is 36.3 Å². The van der Waals surface area contributed by atoms with E-state index in [1.807, 2.05) is 13.8 Å². The van der Waals surface area contributed by atoms with Gasteiger partial charge in [-0.15, -0.1) is 0 Å². The van der Waals surface area contributed by atoms with Crippen LogP contribution in [0.4, 0.5) is 0 Å². The molecule has 1 aliphatic carbocycles. The normalized spacial score (nSPS) is 20.4. The summed E-state index contributed by atoms with van der Waals surface area (Å²) in [7, 11) is 1.65. The van der Waals surface area contributed by atoms with Crippen LogP contribution in [0.25, 0.3) is 0 Å². The molecule has 2 rings (SSSR count). The molecule has 1 saturated heterocycles. The van der Waals surface area contributed by atoms with Gasteiger partial charge in [0, 0.05) is 19.2 Å². The minimum atomic E-state index is -0.529. The summed E-state index contributed by atoms with van der Waals surface area (Å²) in [4.78, 5) is 51.3. The van der Waals surface area contributed by atoms with Crippen LogP contribution in [0.2, 0.25) is 0 Å². The Morgan fingerprint density at radius 1 is 1.24 bits per heavy atom. The molecular weight excluding hydrogens is 374 g/mol. The molecule has 2 aliphatic rings. The van der Waals surface area contributed by atoms with E-state index in [2.05, 4.69) is 5.32 Å². The SMILES string of the molecule is C/C(=C\[C@H](C(C)C)N(C)C(=O)CNC=O)C(=O)N1CCC[C@H]1C(=O)OCC1CC1. The molecule has 2 atom stereocenters. The number of carbonyl (C=O) groups is 4. The third-order valence-corrected chi connectivity index (χ3v) is 5.56. The summed E-state index contributed by atoms with van der Waals surface area (Å²) >= 11 is 0. The molecule has 8 heteroatoms. The smallest absolute Gasteiger partial charge is 0.328 e. The number of ether oxygens (including phenoxy) is 1. The molecule has 2 fully saturated rings. The van der Waals surface area contributed by atoms with Gasteiger partial charge in [-0.3, -0.25) is 14.4 Å². The Kier molecular flexibility index (Phi) is 8.22. The molecule has 1 aliphatic heterocycles. The molecule has 0 aromatic heterocycles. The van der Waals surface area contributed by atoms with E-state index in [1.54, 1.807) is 24.9 Å². The van der Waals surface area contributed by atoms with Crippen LogP contribution in [0.15, 0.2) is 11.6 Å². The number of likely N-dealkylation sites (tertiary alicyclic amines) is 1. The van der Waals surface area contributed by atoms with Crippen molar-refractivity contribution in [2.45, 2.75) is 58.5 Å². The summed E-state index contributed by atoms with van der Waals surface area (Å²) in [5.41, 5.74) is 0.494. The van der Waals surface area contributed by atoms with E-state index in [1.165, 1.54) is 4.90 Å². The Labute approximate surface area is 172 Å². The molecule has 0 aromatic rings. The largest absolute Gasteiger partial charge is 0.464 e. The van der Waals surface area contributed by atoms with E-state index < -0.39 is 6.04 Å². The van der Waals surface area contributed by atoms with Crippen molar-refractivity contribution in [2.24, 2.45) is 11.8 Å². The van der Waals surface area contributed by atoms with Crippen LogP contribution in [-0.2, 0) is 23.9 Å². The van der Waals surface area contributed by atoms with Crippen LogP contribution in [0, 0.1) is 11.8 Å². The van der Waals surface area contributed by atoms with E-state index in [0.29, 0.717) is 37.5 Å². The number of rotatable bonds is 10. The first-order valence-corrected chi connectivity index (χ1v) is 10.3. The molecule has 29 heavy (non-hydrogen) atoms. The van der Waals surface area contributed by atoms with Crippen molar-refractivity contribution in [3.8, 4) is 0 Å². The van der Waals surface area contributed by atoms with Crippen LogP contribution in [0.5, 0.6) is 0 Å². The van der Waals surface area contributed by atoms with Crippen LogP contribution < -0.4 is 5.32 Å². The highest BCUT2D eigenvalue weighted by Crippen LogP contribution is 2.29. The van der Waals surface area contributed by atoms with Crippen LogP contribution in [-0.4, -0.2) is 72.8 Å². The van der Waals surface area contributed by atoms with Gasteiger partial charge in [-0.1, -0.05) is 19.9 Å². The topological polar surface area (TPSA) is 96.0 Å². The third-order valence-electron chi connectivity index (χ3n) is 5.56. The van der Waals surface area contributed by atoms with Gasteiger partial charge in [0.1, 0.15) is 6.04 Å². The van der Waals surface area contributed by atoms with Gasteiger partial charge in [-0.25, -0.2) is 4.79 Å². The van der Waals surface area contributed by atoms with Gasteiger partial charge in [0.25, 0.3) is 0 Å². The molecule has 3 amide bonds. The number of nitrogens with zero attached hydrogens (tertiary/aromatic N) is 2. The van der Waals surface area contributed by atoms with Crippen molar-refractivity contribution < 1.29 is 23.9 Å². The fraction of sp³-hybridized carbons (Fsp3) is 0.714. The lowest BCUT2D eigenvalue weighted by Crippen LogP contribution is -2.45. The summed E-state index contributed by atoms with van der Waals surface area (Å²) in [6.45, 7) is 6.52. The first kappa shape index (κ1) is 22.9. The van der Waals surface area contributed by atoms with Crippen LogP contribution in [0.3, 0.4) is 0 Å². The van der Waals surface area contributed by atoms with Crippen molar-refractivity contribution in [3.05, 3.63) is 11.6 Å². The lowest BCUT2D eigenvalue weighted by Gasteiger charge is -2.30. The molecule has 1 saturated carbocycles. The standard InChI is InChI=1S/C21H33N3O5/c1-14(2)18(23(4)19(26)11-22-13-25)10-15(3)20(27)24-9-5-6-17(24)21(28)29-12-16-7-8-16/h10,13-14,16-18H,5-9,11-12H2,1-4H3,(H,22,25)/b15-10+/t17-,18+/m0/s1. The number of hydrogen-bond acceptors (Lipinski definition) is 5. The maximum absolute atomic E-state index is 13.0. The van der Waals surface area contributed by atoms with Crippen LogP contribution in [0.1, 0.15) is 46.5 Å². The second kappa shape index (κ2) is 10.4. The van der Waals surface area contributed by atoms with E-state index in [0.717, 1.165) is 19.3 Å². The highest BCUT2D eigenvalue weighted by molar-refractivity contribution is 5.96. The summed E-state index contributed by atoms with van der Waals surface area (Å²) in [6.07, 6.45) is 5.85. The first-order chi connectivity index (χ1) is 13.8. The highest BCUT2D eigenvalue weighted by atomic mass is 16.5. The van der Waals surface area contributed by atoms with Gasteiger partial charge in [0.15, 0.2) is 0 Å². The first-order valence-electron chi connectivity index (χ1n) is 10.3. The van der Waals surface area contributed by atoms with E-state index >= 15 is 0 Å². The number of carbonyl (C=O) groups excluding carboxylic acids is 4. The molecule has 0 radical (unpaired) electrons. The number of hydrogen-bond donors (Lipinski definition) is 1.